The molecular formula is C15H22N2O3. The van der Waals surface area contributed by atoms with Gasteiger partial charge in [-0.15, -0.1) is 0 Å². The van der Waals surface area contributed by atoms with Crippen LogP contribution in [0.3, 0.4) is 0 Å². The van der Waals surface area contributed by atoms with E-state index in [1.165, 1.54) is 12.8 Å². The molecule has 1 N–H and O–H groups in total. The van der Waals surface area contributed by atoms with E-state index < -0.39 is 5.97 Å². The van der Waals surface area contributed by atoms with Crippen LogP contribution in [-0.4, -0.2) is 33.0 Å². The van der Waals surface area contributed by atoms with Crippen molar-refractivity contribution in [3.8, 4) is 0 Å². The predicted molar refractivity (Wildman–Crippen MR) is 73.3 cm³/mol. The van der Waals surface area contributed by atoms with E-state index in [0.717, 1.165) is 30.7 Å². The lowest BCUT2D eigenvalue weighted by molar-refractivity contribution is -0.143. The van der Waals surface area contributed by atoms with E-state index in [-0.39, 0.29) is 6.04 Å². The second-order valence-electron chi connectivity index (χ2n) is 6.12. The number of rotatable bonds is 3. The summed E-state index contributed by atoms with van der Waals surface area (Å²) < 4.78 is 5.64. The molecule has 1 aromatic rings. The number of nitrogens with zero attached hydrogens (tertiary/aromatic N) is 2. The fourth-order valence-electron chi connectivity index (χ4n) is 3.79. The Balaban J connectivity index is 1.81. The number of aryl methyl sites for hydroxylation is 2. The van der Waals surface area contributed by atoms with Gasteiger partial charge in [0.25, 0.3) is 0 Å². The maximum atomic E-state index is 11.5. The fourth-order valence-corrected chi connectivity index (χ4v) is 3.79. The van der Waals surface area contributed by atoms with Gasteiger partial charge in [-0.2, -0.15) is 0 Å². The average molecular weight is 278 g/mol. The van der Waals surface area contributed by atoms with Crippen LogP contribution >= 0.6 is 0 Å². The summed E-state index contributed by atoms with van der Waals surface area (Å²) in [5.74, 6) is 1.30. The maximum absolute atomic E-state index is 11.5. The highest BCUT2D eigenvalue weighted by Gasteiger charge is 2.45. The highest BCUT2D eigenvalue weighted by atomic mass is 16.4. The SMILES string of the molecule is Cc1nc(CN2[C@@H]3CCCC[C@H]3C[C@H]2C(=O)O)oc1C. The van der Waals surface area contributed by atoms with Crippen LogP contribution in [0.5, 0.6) is 0 Å². The zero-order chi connectivity index (χ0) is 14.3. The Bertz CT molecular complexity index is 492. The first kappa shape index (κ1) is 13.6. The Morgan fingerprint density at radius 1 is 1.40 bits per heavy atom. The molecule has 5 nitrogen and oxygen atoms in total. The lowest BCUT2D eigenvalue weighted by Crippen LogP contribution is -2.41. The monoisotopic (exact) mass is 278 g/mol. The number of carboxylic acid groups (broad SMARTS) is 1. The molecule has 1 aliphatic heterocycles. The number of likely N-dealkylation sites (tertiary alicyclic amines) is 1. The van der Waals surface area contributed by atoms with Crippen molar-refractivity contribution in [2.45, 2.75) is 64.6 Å². The van der Waals surface area contributed by atoms with E-state index >= 15 is 0 Å². The number of carbonyl (C=O) groups is 1. The first-order valence-corrected chi connectivity index (χ1v) is 7.47. The Morgan fingerprint density at radius 2 is 2.15 bits per heavy atom. The molecule has 0 spiro atoms. The van der Waals surface area contributed by atoms with Crippen molar-refractivity contribution in [2.24, 2.45) is 5.92 Å². The molecular weight excluding hydrogens is 256 g/mol. The lowest BCUT2D eigenvalue weighted by Gasteiger charge is -2.32. The van der Waals surface area contributed by atoms with Crippen molar-refractivity contribution < 1.29 is 14.3 Å². The van der Waals surface area contributed by atoms with E-state index in [9.17, 15) is 9.90 Å². The average Bonchev–Trinajstić information content (AvgIpc) is 2.92. The molecule has 5 heteroatoms. The largest absolute Gasteiger partial charge is 0.480 e. The van der Waals surface area contributed by atoms with Gasteiger partial charge in [0.2, 0.25) is 5.89 Å². The minimum atomic E-state index is -0.709. The quantitative estimate of drug-likeness (QED) is 0.920. The van der Waals surface area contributed by atoms with E-state index in [1.807, 2.05) is 13.8 Å². The summed E-state index contributed by atoms with van der Waals surface area (Å²) in [5, 5.41) is 9.48. The second-order valence-corrected chi connectivity index (χ2v) is 6.12. The summed E-state index contributed by atoms with van der Waals surface area (Å²) in [5.41, 5.74) is 0.895. The van der Waals surface area contributed by atoms with Gasteiger partial charge < -0.3 is 9.52 Å². The summed E-state index contributed by atoms with van der Waals surface area (Å²) >= 11 is 0. The van der Waals surface area contributed by atoms with Crippen molar-refractivity contribution in [1.29, 1.82) is 0 Å². The van der Waals surface area contributed by atoms with Gasteiger partial charge in [-0.25, -0.2) is 4.98 Å². The summed E-state index contributed by atoms with van der Waals surface area (Å²) in [6.07, 6.45) is 5.48. The molecule has 2 heterocycles. The number of aliphatic carboxylic acids is 1. The third kappa shape index (κ3) is 2.35. The van der Waals surface area contributed by atoms with Gasteiger partial charge in [-0.3, -0.25) is 9.69 Å². The molecule has 0 aromatic carbocycles. The molecule has 1 saturated heterocycles. The Morgan fingerprint density at radius 3 is 2.80 bits per heavy atom. The summed E-state index contributed by atoms with van der Waals surface area (Å²) in [6.45, 7) is 4.34. The number of oxazole rings is 1. The van der Waals surface area contributed by atoms with E-state index in [4.69, 9.17) is 4.42 Å². The molecule has 2 aliphatic rings. The minimum absolute atomic E-state index is 0.379. The number of aromatic nitrogens is 1. The smallest absolute Gasteiger partial charge is 0.320 e. The zero-order valence-corrected chi connectivity index (χ0v) is 12.1. The van der Waals surface area contributed by atoms with Crippen molar-refractivity contribution in [1.82, 2.24) is 9.88 Å². The van der Waals surface area contributed by atoms with Crippen LogP contribution in [0.15, 0.2) is 4.42 Å². The number of carboxylic acids is 1. The van der Waals surface area contributed by atoms with Crippen molar-refractivity contribution >= 4 is 5.97 Å². The summed E-state index contributed by atoms with van der Waals surface area (Å²) in [4.78, 5) is 18.0. The topological polar surface area (TPSA) is 66.6 Å². The minimum Gasteiger partial charge on any atom is -0.480 e. The number of hydrogen-bond acceptors (Lipinski definition) is 4. The molecule has 110 valence electrons. The van der Waals surface area contributed by atoms with Gasteiger partial charge in [0, 0.05) is 6.04 Å². The molecule has 2 fully saturated rings. The highest BCUT2D eigenvalue weighted by Crippen LogP contribution is 2.40. The van der Waals surface area contributed by atoms with Crippen molar-refractivity contribution in [3.05, 3.63) is 17.3 Å². The van der Waals surface area contributed by atoms with Gasteiger partial charge in [-0.05, 0) is 39.0 Å². The summed E-state index contributed by atoms with van der Waals surface area (Å²) in [6, 6.07) is 0.00738. The predicted octanol–water partition coefficient (Wildman–Crippen LogP) is 2.51. The van der Waals surface area contributed by atoms with Crippen LogP contribution in [-0.2, 0) is 11.3 Å². The molecule has 1 aliphatic carbocycles. The van der Waals surface area contributed by atoms with Crippen LogP contribution in [0.25, 0.3) is 0 Å². The van der Waals surface area contributed by atoms with E-state index in [1.54, 1.807) is 0 Å². The van der Waals surface area contributed by atoms with E-state index in [2.05, 4.69) is 9.88 Å². The van der Waals surface area contributed by atoms with Crippen molar-refractivity contribution in [2.75, 3.05) is 0 Å². The van der Waals surface area contributed by atoms with Crippen LogP contribution in [0.1, 0.15) is 49.4 Å². The summed E-state index contributed by atoms with van der Waals surface area (Å²) in [7, 11) is 0. The molecule has 0 amide bonds. The Hall–Kier alpha value is -1.36. The fraction of sp³-hybridized carbons (Fsp3) is 0.733. The maximum Gasteiger partial charge on any atom is 0.320 e. The molecule has 0 unspecified atom stereocenters. The molecule has 0 radical (unpaired) electrons. The first-order chi connectivity index (χ1) is 9.56. The van der Waals surface area contributed by atoms with E-state index in [0.29, 0.717) is 24.4 Å². The van der Waals surface area contributed by atoms with Gasteiger partial charge in [0.1, 0.15) is 11.8 Å². The van der Waals surface area contributed by atoms with Gasteiger partial charge in [0.15, 0.2) is 0 Å². The third-order valence-corrected chi connectivity index (χ3v) is 4.90. The molecule has 3 rings (SSSR count). The van der Waals surface area contributed by atoms with Gasteiger partial charge in [-0.1, -0.05) is 12.8 Å². The number of fused-ring (bicyclic) bond motifs is 1. The molecule has 0 bridgehead atoms. The first-order valence-electron chi connectivity index (χ1n) is 7.47. The van der Waals surface area contributed by atoms with Gasteiger partial charge >= 0.3 is 5.97 Å². The second kappa shape index (κ2) is 5.20. The standard InChI is InChI=1S/C15H22N2O3/c1-9-10(2)20-14(16-9)8-17-12-6-4-3-5-11(12)7-13(17)15(18)19/h11-13H,3-8H2,1-2H3,(H,18,19)/t11-,12+,13-/m0/s1. The third-order valence-electron chi connectivity index (χ3n) is 4.90. The van der Waals surface area contributed by atoms with Crippen molar-refractivity contribution in [3.63, 3.8) is 0 Å². The molecule has 20 heavy (non-hydrogen) atoms. The Kier molecular flexibility index (Phi) is 3.54. The molecule has 3 atom stereocenters. The Labute approximate surface area is 119 Å². The lowest BCUT2D eigenvalue weighted by atomic mass is 9.85. The van der Waals surface area contributed by atoms with Crippen LogP contribution in [0.2, 0.25) is 0 Å². The van der Waals surface area contributed by atoms with Crippen LogP contribution in [0.4, 0.5) is 0 Å². The van der Waals surface area contributed by atoms with Gasteiger partial charge in [0.05, 0.1) is 12.2 Å². The molecule has 1 saturated carbocycles. The number of hydrogen-bond donors (Lipinski definition) is 1. The van der Waals surface area contributed by atoms with Crippen LogP contribution < -0.4 is 0 Å². The van der Waals surface area contributed by atoms with Crippen LogP contribution in [0, 0.1) is 19.8 Å². The normalized spacial score (nSPS) is 30.4. The highest BCUT2D eigenvalue weighted by molar-refractivity contribution is 5.74. The zero-order valence-electron chi connectivity index (χ0n) is 12.1. The molecule has 1 aromatic heterocycles.